The van der Waals surface area contributed by atoms with E-state index in [-0.39, 0.29) is 48.9 Å². The van der Waals surface area contributed by atoms with E-state index in [1.807, 2.05) is 30.3 Å². The molecule has 1 saturated heterocycles. The first-order valence-electron chi connectivity index (χ1n) is 8.48. The molecule has 1 aromatic rings. The molecule has 2 rings (SSSR count). The van der Waals surface area contributed by atoms with Crippen LogP contribution in [-0.2, 0) is 4.79 Å². The molecule has 6 nitrogen and oxygen atoms in total. The van der Waals surface area contributed by atoms with Gasteiger partial charge < -0.3 is 20.4 Å². The maximum atomic E-state index is 12.3. The van der Waals surface area contributed by atoms with Gasteiger partial charge in [0.05, 0.1) is 13.0 Å². The summed E-state index contributed by atoms with van der Waals surface area (Å²) in [6.07, 6.45) is -5.18. The van der Waals surface area contributed by atoms with Crippen molar-refractivity contribution in [1.82, 2.24) is 15.5 Å². The third-order valence-corrected chi connectivity index (χ3v) is 4.09. The quantitative estimate of drug-likeness (QED) is 0.370. The first-order chi connectivity index (χ1) is 12.4. The molecule has 10 heteroatoms. The molecule has 1 amide bonds. The summed E-state index contributed by atoms with van der Waals surface area (Å²) >= 11 is 0. The van der Waals surface area contributed by atoms with Gasteiger partial charge in [-0.2, -0.15) is 13.2 Å². The Morgan fingerprint density at radius 2 is 1.74 bits per heavy atom. The van der Waals surface area contributed by atoms with Gasteiger partial charge in [-0.1, -0.05) is 18.2 Å². The van der Waals surface area contributed by atoms with Gasteiger partial charge in [0, 0.05) is 45.5 Å². The molecule has 27 heavy (non-hydrogen) atoms. The number of hydrogen-bond acceptors (Lipinski definition) is 3. The van der Waals surface area contributed by atoms with E-state index in [4.69, 9.17) is 0 Å². The number of aliphatic imine (C=N–C) groups is 1. The highest BCUT2D eigenvalue weighted by atomic mass is 127. The maximum absolute atomic E-state index is 12.3. The van der Waals surface area contributed by atoms with Crippen molar-refractivity contribution in [3.8, 4) is 0 Å². The lowest BCUT2D eigenvalue weighted by molar-refractivity contribution is -0.133. The molecular formula is C17H25F3IN5O. The van der Waals surface area contributed by atoms with E-state index in [0.717, 1.165) is 18.8 Å². The number of anilines is 1. The molecule has 0 aromatic heterocycles. The van der Waals surface area contributed by atoms with Crippen molar-refractivity contribution < 1.29 is 18.0 Å². The van der Waals surface area contributed by atoms with Crippen molar-refractivity contribution >= 4 is 41.5 Å². The van der Waals surface area contributed by atoms with Crippen LogP contribution in [-0.4, -0.2) is 69.3 Å². The van der Waals surface area contributed by atoms with Gasteiger partial charge in [0.15, 0.2) is 5.96 Å². The SMILES string of the molecule is CN=C(NCCC(F)(F)F)NCC(=O)N1CCN(c2ccccc2)CC1.I. The Hall–Kier alpha value is -1.72. The summed E-state index contributed by atoms with van der Waals surface area (Å²) in [7, 11) is 1.45. The van der Waals surface area contributed by atoms with Crippen LogP contribution in [0.5, 0.6) is 0 Å². The number of rotatable bonds is 5. The molecular weight excluding hydrogens is 474 g/mol. The monoisotopic (exact) mass is 499 g/mol. The minimum Gasteiger partial charge on any atom is -0.368 e. The minimum atomic E-state index is -4.22. The normalized spacial score (nSPS) is 15.2. The molecule has 1 heterocycles. The van der Waals surface area contributed by atoms with Crippen molar-refractivity contribution in [3.05, 3.63) is 30.3 Å². The van der Waals surface area contributed by atoms with Crippen molar-refractivity contribution in [1.29, 1.82) is 0 Å². The van der Waals surface area contributed by atoms with E-state index in [9.17, 15) is 18.0 Å². The lowest BCUT2D eigenvalue weighted by Crippen LogP contribution is -2.52. The largest absolute Gasteiger partial charge is 0.390 e. The number of nitrogens with zero attached hydrogens (tertiary/aromatic N) is 3. The van der Waals surface area contributed by atoms with Crippen LogP contribution in [0.3, 0.4) is 0 Å². The summed E-state index contributed by atoms with van der Waals surface area (Å²) < 4.78 is 36.5. The molecule has 1 fully saturated rings. The van der Waals surface area contributed by atoms with Gasteiger partial charge in [-0.25, -0.2) is 0 Å². The van der Waals surface area contributed by atoms with Crippen LogP contribution >= 0.6 is 24.0 Å². The highest BCUT2D eigenvalue weighted by molar-refractivity contribution is 14.0. The molecule has 0 atom stereocenters. The summed E-state index contributed by atoms with van der Waals surface area (Å²) in [6, 6.07) is 10.00. The number of nitrogens with one attached hydrogen (secondary N) is 2. The topological polar surface area (TPSA) is 60.0 Å². The Bertz CT molecular complexity index is 604. The van der Waals surface area contributed by atoms with E-state index in [0.29, 0.717) is 13.1 Å². The number of carbonyl (C=O) groups excluding carboxylic acids is 1. The fourth-order valence-electron chi connectivity index (χ4n) is 2.67. The molecule has 0 radical (unpaired) electrons. The Morgan fingerprint density at radius 3 is 2.30 bits per heavy atom. The Morgan fingerprint density at radius 1 is 1.11 bits per heavy atom. The highest BCUT2D eigenvalue weighted by Gasteiger charge is 2.26. The molecule has 0 spiro atoms. The predicted molar refractivity (Wildman–Crippen MR) is 111 cm³/mol. The number of guanidine groups is 1. The number of amides is 1. The van der Waals surface area contributed by atoms with Crippen LogP contribution in [0.1, 0.15) is 6.42 Å². The second kappa shape index (κ2) is 11.2. The van der Waals surface area contributed by atoms with E-state index in [2.05, 4.69) is 20.5 Å². The minimum absolute atomic E-state index is 0. The number of para-hydroxylation sites is 1. The number of benzene rings is 1. The molecule has 1 aromatic carbocycles. The standard InChI is InChI=1S/C17H24F3N5O.HI/c1-21-16(22-8-7-17(18,19)20)23-13-15(26)25-11-9-24(10-12-25)14-5-3-2-4-6-14;/h2-6H,7-13H2,1H3,(H2,21,22,23);1H. The smallest absolute Gasteiger partial charge is 0.368 e. The summed E-state index contributed by atoms with van der Waals surface area (Å²) in [4.78, 5) is 20.1. The van der Waals surface area contributed by atoms with Crippen LogP contribution in [0.15, 0.2) is 35.3 Å². The van der Waals surface area contributed by atoms with Crippen LogP contribution in [0.4, 0.5) is 18.9 Å². The number of hydrogen-bond donors (Lipinski definition) is 2. The molecule has 0 saturated carbocycles. The number of alkyl halides is 3. The number of piperazine rings is 1. The molecule has 152 valence electrons. The van der Waals surface area contributed by atoms with Crippen molar-refractivity contribution in [2.45, 2.75) is 12.6 Å². The summed E-state index contributed by atoms with van der Waals surface area (Å²) in [5.74, 6) is 0.0852. The second-order valence-corrected chi connectivity index (χ2v) is 5.92. The average Bonchev–Trinajstić information content (AvgIpc) is 2.64. The van der Waals surface area contributed by atoms with Crippen LogP contribution < -0.4 is 15.5 Å². The third-order valence-electron chi connectivity index (χ3n) is 4.09. The number of halogens is 4. The molecule has 0 aliphatic carbocycles. The average molecular weight is 499 g/mol. The van der Waals surface area contributed by atoms with E-state index in [1.165, 1.54) is 7.05 Å². The molecule has 0 unspecified atom stereocenters. The molecule has 0 bridgehead atoms. The predicted octanol–water partition coefficient (Wildman–Crippen LogP) is 2.07. The van der Waals surface area contributed by atoms with Crippen LogP contribution in [0.25, 0.3) is 0 Å². The zero-order chi connectivity index (χ0) is 19.0. The van der Waals surface area contributed by atoms with E-state index < -0.39 is 12.6 Å². The van der Waals surface area contributed by atoms with E-state index >= 15 is 0 Å². The van der Waals surface area contributed by atoms with Gasteiger partial charge >= 0.3 is 6.18 Å². The van der Waals surface area contributed by atoms with Crippen molar-refractivity contribution in [2.75, 3.05) is 51.2 Å². The first-order valence-corrected chi connectivity index (χ1v) is 8.48. The second-order valence-electron chi connectivity index (χ2n) is 5.92. The fraction of sp³-hybridized carbons (Fsp3) is 0.529. The zero-order valence-corrected chi connectivity index (χ0v) is 17.5. The fourth-order valence-corrected chi connectivity index (χ4v) is 2.67. The lowest BCUT2D eigenvalue weighted by atomic mass is 10.2. The molecule has 2 N–H and O–H groups in total. The molecule has 1 aliphatic heterocycles. The van der Waals surface area contributed by atoms with Gasteiger partial charge in [0.1, 0.15) is 0 Å². The van der Waals surface area contributed by atoms with Gasteiger partial charge in [-0.15, -0.1) is 24.0 Å². The summed E-state index contributed by atoms with van der Waals surface area (Å²) in [5.41, 5.74) is 1.13. The Labute approximate surface area is 174 Å². The van der Waals surface area contributed by atoms with Gasteiger partial charge in [0.2, 0.25) is 5.91 Å². The number of carbonyl (C=O) groups is 1. The molecule has 1 aliphatic rings. The van der Waals surface area contributed by atoms with Crippen LogP contribution in [0, 0.1) is 0 Å². The van der Waals surface area contributed by atoms with Crippen molar-refractivity contribution in [2.24, 2.45) is 4.99 Å². The van der Waals surface area contributed by atoms with Gasteiger partial charge in [-0.05, 0) is 12.1 Å². The third kappa shape index (κ3) is 8.22. The van der Waals surface area contributed by atoms with Crippen LogP contribution in [0.2, 0.25) is 0 Å². The zero-order valence-electron chi connectivity index (χ0n) is 15.1. The maximum Gasteiger partial charge on any atom is 0.390 e. The van der Waals surface area contributed by atoms with Crippen molar-refractivity contribution in [3.63, 3.8) is 0 Å². The highest BCUT2D eigenvalue weighted by Crippen LogP contribution is 2.18. The Balaban J connectivity index is 0.00000364. The van der Waals surface area contributed by atoms with E-state index in [1.54, 1.807) is 4.90 Å². The lowest BCUT2D eigenvalue weighted by Gasteiger charge is -2.36. The summed E-state index contributed by atoms with van der Waals surface area (Å²) in [6.45, 7) is 2.41. The first kappa shape index (κ1) is 23.3. The van der Waals surface area contributed by atoms with Gasteiger partial charge in [0.25, 0.3) is 0 Å². The summed E-state index contributed by atoms with van der Waals surface area (Å²) in [5, 5.41) is 5.32. The Kier molecular flexibility index (Phi) is 9.67. The van der Waals surface area contributed by atoms with Gasteiger partial charge in [-0.3, -0.25) is 9.79 Å².